The third-order valence-corrected chi connectivity index (χ3v) is 4.20. The first-order valence-corrected chi connectivity index (χ1v) is 8.48. The minimum Gasteiger partial charge on any atom is -0.384 e. The molecule has 1 unspecified atom stereocenters. The Kier molecular flexibility index (Phi) is 6.45. The van der Waals surface area contributed by atoms with Gasteiger partial charge in [0.25, 0.3) is 0 Å². The molecule has 21 heavy (non-hydrogen) atoms. The lowest BCUT2D eigenvalue weighted by atomic mass is 10.1. The van der Waals surface area contributed by atoms with Crippen LogP contribution in [0.3, 0.4) is 0 Å². The number of nitrogens with zero attached hydrogens (tertiary/aromatic N) is 2. The normalized spacial score (nSPS) is 18.7. The second kappa shape index (κ2) is 8.11. The lowest BCUT2D eigenvalue weighted by molar-refractivity contribution is 0.161. The first kappa shape index (κ1) is 16.7. The first-order valence-electron chi connectivity index (χ1n) is 7.69. The lowest BCUT2D eigenvalue weighted by Gasteiger charge is -2.21. The Morgan fingerprint density at radius 1 is 1.52 bits per heavy atom. The molecule has 4 nitrogen and oxygen atoms in total. The fourth-order valence-corrected chi connectivity index (χ4v) is 3.16. The minimum absolute atomic E-state index is 0.622. The smallest absolute Gasteiger partial charge is 0.133 e. The van der Waals surface area contributed by atoms with Crippen LogP contribution in [0.15, 0.2) is 16.7 Å². The van der Waals surface area contributed by atoms with Crippen molar-refractivity contribution in [2.75, 3.05) is 38.3 Å². The molecule has 5 heteroatoms. The standard InChI is InChI=1S/C16H26BrN3O/c1-12(2)7-18-8-14-6-15(17)9-19-16(14)20-5-4-13(10-20)11-21-3/h6,9,12-13,18H,4-5,7-8,10-11H2,1-3H3. The zero-order chi connectivity index (χ0) is 15.2. The van der Waals surface area contributed by atoms with Crippen LogP contribution in [-0.4, -0.2) is 38.3 Å². The van der Waals surface area contributed by atoms with Gasteiger partial charge in [-0.15, -0.1) is 0 Å². The summed E-state index contributed by atoms with van der Waals surface area (Å²) < 4.78 is 6.33. The van der Waals surface area contributed by atoms with Crippen molar-refractivity contribution in [2.45, 2.75) is 26.8 Å². The fraction of sp³-hybridized carbons (Fsp3) is 0.688. The van der Waals surface area contributed by atoms with Gasteiger partial charge in [0.15, 0.2) is 0 Å². The van der Waals surface area contributed by atoms with Crippen LogP contribution in [0.1, 0.15) is 25.8 Å². The van der Waals surface area contributed by atoms with Crippen molar-refractivity contribution < 1.29 is 4.74 Å². The Morgan fingerprint density at radius 2 is 2.33 bits per heavy atom. The molecule has 1 atom stereocenters. The quantitative estimate of drug-likeness (QED) is 0.815. The average molecular weight is 356 g/mol. The summed E-state index contributed by atoms with van der Waals surface area (Å²) in [7, 11) is 1.78. The van der Waals surface area contributed by atoms with Gasteiger partial charge in [-0.05, 0) is 40.9 Å². The number of nitrogens with one attached hydrogen (secondary N) is 1. The molecule has 0 saturated carbocycles. The van der Waals surface area contributed by atoms with Crippen LogP contribution in [0.2, 0.25) is 0 Å². The van der Waals surface area contributed by atoms with E-state index in [9.17, 15) is 0 Å². The van der Waals surface area contributed by atoms with Crippen LogP contribution in [-0.2, 0) is 11.3 Å². The molecule has 1 aromatic rings. The highest BCUT2D eigenvalue weighted by Crippen LogP contribution is 2.27. The molecule has 2 heterocycles. The molecule has 0 aliphatic carbocycles. The molecule has 1 aliphatic rings. The van der Waals surface area contributed by atoms with Gasteiger partial charge >= 0.3 is 0 Å². The molecule has 1 N–H and O–H groups in total. The Hall–Kier alpha value is -0.650. The number of methoxy groups -OCH3 is 1. The summed E-state index contributed by atoms with van der Waals surface area (Å²) in [6.07, 6.45) is 3.08. The number of pyridine rings is 1. The zero-order valence-electron chi connectivity index (χ0n) is 13.2. The largest absolute Gasteiger partial charge is 0.384 e. The number of hydrogen-bond donors (Lipinski definition) is 1. The molecule has 0 spiro atoms. The van der Waals surface area contributed by atoms with Crippen LogP contribution in [0.25, 0.3) is 0 Å². The van der Waals surface area contributed by atoms with Gasteiger partial charge in [0.2, 0.25) is 0 Å². The van der Waals surface area contributed by atoms with E-state index >= 15 is 0 Å². The number of hydrogen-bond acceptors (Lipinski definition) is 4. The van der Waals surface area contributed by atoms with E-state index in [0.717, 1.165) is 43.1 Å². The van der Waals surface area contributed by atoms with Gasteiger partial charge in [0.1, 0.15) is 5.82 Å². The van der Waals surface area contributed by atoms with Crippen molar-refractivity contribution in [3.63, 3.8) is 0 Å². The molecule has 1 saturated heterocycles. The van der Waals surface area contributed by atoms with Crippen LogP contribution in [0, 0.1) is 11.8 Å². The Bertz CT molecular complexity index is 453. The van der Waals surface area contributed by atoms with Gasteiger partial charge in [-0.25, -0.2) is 4.98 Å². The third kappa shape index (κ3) is 4.94. The average Bonchev–Trinajstić information content (AvgIpc) is 2.87. The predicted molar refractivity (Wildman–Crippen MR) is 90.7 cm³/mol. The molecule has 1 aromatic heterocycles. The van der Waals surface area contributed by atoms with Crippen molar-refractivity contribution in [1.82, 2.24) is 10.3 Å². The van der Waals surface area contributed by atoms with Crippen LogP contribution in [0.5, 0.6) is 0 Å². The number of halogens is 1. The first-order chi connectivity index (χ1) is 10.1. The molecule has 1 aliphatic heterocycles. The molecule has 0 aromatic carbocycles. The van der Waals surface area contributed by atoms with E-state index in [1.54, 1.807) is 7.11 Å². The summed E-state index contributed by atoms with van der Waals surface area (Å²) in [6.45, 7) is 9.29. The Morgan fingerprint density at radius 3 is 3.05 bits per heavy atom. The highest BCUT2D eigenvalue weighted by atomic mass is 79.9. The number of anilines is 1. The van der Waals surface area contributed by atoms with Crippen LogP contribution in [0.4, 0.5) is 5.82 Å². The van der Waals surface area contributed by atoms with Gasteiger partial charge in [0.05, 0.1) is 6.61 Å². The van der Waals surface area contributed by atoms with Gasteiger partial charge < -0.3 is 15.0 Å². The predicted octanol–water partition coefficient (Wildman–Crippen LogP) is 3.06. The Balaban J connectivity index is 2.04. The summed E-state index contributed by atoms with van der Waals surface area (Å²) in [5.74, 6) is 2.40. The van der Waals surface area contributed by atoms with E-state index in [4.69, 9.17) is 4.74 Å². The fourth-order valence-electron chi connectivity index (χ4n) is 2.78. The van der Waals surface area contributed by atoms with E-state index < -0.39 is 0 Å². The molecule has 118 valence electrons. The summed E-state index contributed by atoms with van der Waals surface area (Å²) in [5, 5.41) is 3.52. The molecule has 0 bridgehead atoms. The highest BCUT2D eigenvalue weighted by Gasteiger charge is 2.25. The topological polar surface area (TPSA) is 37.4 Å². The van der Waals surface area contributed by atoms with E-state index in [2.05, 4.69) is 51.0 Å². The van der Waals surface area contributed by atoms with Gasteiger partial charge in [-0.1, -0.05) is 13.8 Å². The summed E-state index contributed by atoms with van der Waals surface area (Å²) in [4.78, 5) is 7.04. The third-order valence-electron chi connectivity index (χ3n) is 3.77. The van der Waals surface area contributed by atoms with Crippen molar-refractivity contribution >= 4 is 21.7 Å². The molecule has 1 fully saturated rings. The van der Waals surface area contributed by atoms with E-state index in [1.807, 2.05) is 6.20 Å². The van der Waals surface area contributed by atoms with Crippen molar-refractivity contribution in [1.29, 1.82) is 0 Å². The summed E-state index contributed by atoms with van der Waals surface area (Å²) >= 11 is 3.53. The SMILES string of the molecule is COCC1CCN(c2ncc(Br)cc2CNCC(C)C)C1. The monoisotopic (exact) mass is 355 g/mol. The Labute approximate surface area is 136 Å². The molecular weight excluding hydrogens is 330 g/mol. The number of aromatic nitrogens is 1. The second-order valence-electron chi connectivity index (χ2n) is 6.22. The maximum absolute atomic E-state index is 5.28. The number of ether oxygens (including phenoxy) is 1. The molecular formula is C16H26BrN3O. The minimum atomic E-state index is 0.622. The van der Waals surface area contributed by atoms with Crippen LogP contribution >= 0.6 is 15.9 Å². The maximum atomic E-state index is 5.28. The number of rotatable bonds is 7. The molecule has 2 rings (SSSR count). The van der Waals surface area contributed by atoms with E-state index in [1.165, 1.54) is 12.0 Å². The lowest BCUT2D eigenvalue weighted by Crippen LogP contribution is -2.26. The molecule has 0 amide bonds. The van der Waals surface area contributed by atoms with Crippen molar-refractivity contribution in [3.8, 4) is 0 Å². The summed E-state index contributed by atoms with van der Waals surface area (Å²) in [6, 6.07) is 2.18. The second-order valence-corrected chi connectivity index (χ2v) is 7.13. The van der Waals surface area contributed by atoms with Crippen molar-refractivity contribution in [3.05, 3.63) is 22.3 Å². The zero-order valence-corrected chi connectivity index (χ0v) is 14.8. The van der Waals surface area contributed by atoms with Crippen molar-refractivity contribution in [2.24, 2.45) is 11.8 Å². The van der Waals surface area contributed by atoms with Gasteiger partial charge in [-0.2, -0.15) is 0 Å². The van der Waals surface area contributed by atoms with Gasteiger partial charge in [0, 0.05) is 48.9 Å². The van der Waals surface area contributed by atoms with E-state index in [-0.39, 0.29) is 0 Å². The van der Waals surface area contributed by atoms with Gasteiger partial charge in [-0.3, -0.25) is 0 Å². The summed E-state index contributed by atoms with van der Waals surface area (Å²) in [5.41, 5.74) is 1.27. The van der Waals surface area contributed by atoms with Crippen LogP contribution < -0.4 is 10.2 Å². The molecule has 0 radical (unpaired) electrons. The van der Waals surface area contributed by atoms with E-state index in [0.29, 0.717) is 11.8 Å². The highest BCUT2D eigenvalue weighted by molar-refractivity contribution is 9.10. The maximum Gasteiger partial charge on any atom is 0.133 e.